The molecule has 0 unspecified atom stereocenters. The molecule has 10 heteroatoms. The summed E-state index contributed by atoms with van der Waals surface area (Å²) in [5, 5.41) is 19.5. The first-order valence-corrected chi connectivity index (χ1v) is 7.15. The molecule has 0 saturated carbocycles. The second-order valence-corrected chi connectivity index (χ2v) is 4.94. The second-order valence-electron chi connectivity index (χ2n) is 4.94. The Kier molecular flexibility index (Phi) is 5.42. The molecular formula is C15H16N8O2. The number of hydrogen-bond donors (Lipinski definition) is 1. The van der Waals surface area contributed by atoms with Gasteiger partial charge in [-0.2, -0.15) is 20.1 Å². The van der Waals surface area contributed by atoms with Crippen molar-refractivity contribution in [3.8, 4) is 11.9 Å². The Morgan fingerprint density at radius 2 is 2.20 bits per heavy atom. The van der Waals surface area contributed by atoms with Crippen LogP contribution in [-0.4, -0.2) is 56.9 Å². The lowest BCUT2D eigenvalue weighted by Crippen LogP contribution is -2.43. The van der Waals surface area contributed by atoms with Gasteiger partial charge in [-0.15, -0.1) is 0 Å². The maximum atomic E-state index is 12.2. The lowest BCUT2D eigenvalue weighted by Gasteiger charge is -2.23. The molecule has 0 aliphatic heterocycles. The van der Waals surface area contributed by atoms with Gasteiger partial charge in [0.2, 0.25) is 6.41 Å². The van der Waals surface area contributed by atoms with Crippen molar-refractivity contribution in [1.29, 1.82) is 5.26 Å². The molecule has 0 bridgehead atoms. The molecule has 0 aromatic carbocycles. The number of hydrazone groups is 1. The number of hydrogen-bond acceptors (Lipinski definition) is 7. The summed E-state index contributed by atoms with van der Waals surface area (Å²) in [6.07, 6.45) is 3.47. The van der Waals surface area contributed by atoms with Gasteiger partial charge in [-0.1, -0.05) is 6.07 Å². The highest BCUT2D eigenvalue weighted by atomic mass is 16.2. The lowest BCUT2D eigenvalue weighted by atomic mass is 10.3. The highest BCUT2D eigenvalue weighted by molar-refractivity contribution is 6.37. The molecule has 0 atom stereocenters. The molecule has 2 aromatic heterocycles. The molecular weight excluding hydrogens is 324 g/mol. The van der Waals surface area contributed by atoms with Crippen molar-refractivity contribution in [2.24, 2.45) is 5.10 Å². The van der Waals surface area contributed by atoms with Gasteiger partial charge in [0.1, 0.15) is 17.3 Å². The molecule has 1 N–H and O–H groups in total. The molecule has 0 radical (unpaired) electrons. The number of nitrogens with zero attached hydrogens (tertiary/aromatic N) is 7. The highest BCUT2D eigenvalue weighted by Gasteiger charge is 2.17. The number of nitrogens with one attached hydrogen (secondary N) is 1. The summed E-state index contributed by atoms with van der Waals surface area (Å²) in [7, 11) is 2.88. The average Bonchev–Trinajstić information content (AvgIpc) is 3.07. The average molecular weight is 340 g/mol. The van der Waals surface area contributed by atoms with E-state index in [9.17, 15) is 14.9 Å². The van der Waals surface area contributed by atoms with Crippen molar-refractivity contribution < 1.29 is 9.59 Å². The van der Waals surface area contributed by atoms with Crippen LogP contribution in [0.3, 0.4) is 0 Å². The molecule has 0 spiro atoms. The van der Waals surface area contributed by atoms with E-state index in [0.717, 1.165) is 10.0 Å². The van der Waals surface area contributed by atoms with Crippen LogP contribution in [0.4, 0.5) is 5.82 Å². The maximum absolute atomic E-state index is 12.2. The molecule has 0 fully saturated rings. The second kappa shape index (κ2) is 7.69. The van der Waals surface area contributed by atoms with Gasteiger partial charge in [0, 0.05) is 20.3 Å². The summed E-state index contributed by atoms with van der Waals surface area (Å²) >= 11 is 0. The van der Waals surface area contributed by atoms with Gasteiger partial charge in [-0.25, -0.2) is 9.99 Å². The van der Waals surface area contributed by atoms with Crippen molar-refractivity contribution in [3.63, 3.8) is 0 Å². The van der Waals surface area contributed by atoms with E-state index in [4.69, 9.17) is 0 Å². The Balaban J connectivity index is 2.28. The Bertz CT molecular complexity index is 837. The molecule has 128 valence electrons. The molecule has 0 saturated heterocycles. The zero-order valence-corrected chi connectivity index (χ0v) is 13.9. The van der Waals surface area contributed by atoms with Crippen molar-refractivity contribution in [2.45, 2.75) is 6.92 Å². The summed E-state index contributed by atoms with van der Waals surface area (Å²) < 4.78 is 1.40. The Hall–Kier alpha value is -3.74. The van der Waals surface area contributed by atoms with E-state index in [0.29, 0.717) is 12.2 Å². The maximum Gasteiger partial charge on any atom is 0.288 e. The van der Waals surface area contributed by atoms with Gasteiger partial charge >= 0.3 is 0 Å². The number of carbonyl (C=O) groups excluding carboxylic acids is 2. The summed E-state index contributed by atoms with van der Waals surface area (Å²) in [6.45, 7) is 1.48. The van der Waals surface area contributed by atoms with E-state index in [-0.39, 0.29) is 17.1 Å². The van der Waals surface area contributed by atoms with E-state index < -0.39 is 5.91 Å². The molecule has 2 heterocycles. The zero-order valence-electron chi connectivity index (χ0n) is 13.9. The van der Waals surface area contributed by atoms with Crippen LogP contribution in [0, 0.1) is 11.3 Å². The van der Waals surface area contributed by atoms with Crippen molar-refractivity contribution in [1.82, 2.24) is 24.8 Å². The van der Waals surface area contributed by atoms with Gasteiger partial charge in [-0.05, 0) is 19.1 Å². The molecule has 2 amide bonds. The summed E-state index contributed by atoms with van der Waals surface area (Å²) in [6, 6.07) is 7.25. The van der Waals surface area contributed by atoms with Gasteiger partial charge < -0.3 is 0 Å². The summed E-state index contributed by atoms with van der Waals surface area (Å²) in [5.74, 6) is 0.285. The number of rotatable bonds is 6. The van der Waals surface area contributed by atoms with Crippen LogP contribution in [0.1, 0.15) is 12.5 Å². The third kappa shape index (κ3) is 3.78. The fourth-order valence-corrected chi connectivity index (χ4v) is 1.82. The van der Waals surface area contributed by atoms with Crippen molar-refractivity contribution >= 4 is 23.8 Å². The SMILES string of the molecule is CC(=NNc1c(C#N)cnn1-c1ccccn1)C(=O)N(C)N(C)C=O. The van der Waals surface area contributed by atoms with Crippen LogP contribution in [0.25, 0.3) is 5.82 Å². The first kappa shape index (κ1) is 17.6. The quantitative estimate of drug-likeness (QED) is 0.461. The Morgan fingerprint density at radius 3 is 2.80 bits per heavy atom. The molecule has 0 aliphatic rings. The van der Waals surface area contributed by atoms with Gasteiger partial charge in [-0.3, -0.25) is 20.0 Å². The van der Waals surface area contributed by atoms with E-state index >= 15 is 0 Å². The van der Waals surface area contributed by atoms with E-state index in [1.165, 1.54) is 31.9 Å². The normalized spacial score (nSPS) is 10.7. The molecule has 2 rings (SSSR count). The van der Waals surface area contributed by atoms with Gasteiger partial charge in [0.05, 0.1) is 6.20 Å². The molecule has 2 aromatic rings. The number of amides is 2. The lowest BCUT2D eigenvalue weighted by molar-refractivity contribution is -0.145. The zero-order chi connectivity index (χ0) is 18.4. The number of carbonyl (C=O) groups is 2. The summed E-state index contributed by atoms with van der Waals surface area (Å²) in [4.78, 5) is 27.1. The van der Waals surface area contributed by atoms with Gasteiger partial charge in [0.15, 0.2) is 11.6 Å². The first-order chi connectivity index (χ1) is 12.0. The fraction of sp³-hybridized carbons (Fsp3) is 0.200. The number of anilines is 1. The predicted molar refractivity (Wildman–Crippen MR) is 89.4 cm³/mol. The Labute approximate surface area is 143 Å². The predicted octanol–water partition coefficient (Wildman–Crippen LogP) is 0.388. The van der Waals surface area contributed by atoms with Gasteiger partial charge in [0.25, 0.3) is 5.91 Å². The number of pyridine rings is 1. The monoisotopic (exact) mass is 340 g/mol. The van der Waals surface area contributed by atoms with Crippen molar-refractivity contribution in [3.05, 3.63) is 36.2 Å². The van der Waals surface area contributed by atoms with E-state index in [1.54, 1.807) is 24.4 Å². The highest BCUT2D eigenvalue weighted by Crippen LogP contribution is 2.18. The molecule has 0 aliphatic carbocycles. The smallest absolute Gasteiger partial charge is 0.277 e. The number of nitriles is 1. The van der Waals surface area contributed by atoms with Crippen LogP contribution < -0.4 is 5.43 Å². The van der Waals surface area contributed by atoms with Crippen LogP contribution in [0.5, 0.6) is 0 Å². The minimum Gasteiger partial charge on any atom is -0.277 e. The summed E-state index contributed by atoms with van der Waals surface area (Å²) in [5.41, 5.74) is 3.01. The number of hydrazine groups is 1. The van der Waals surface area contributed by atoms with E-state index in [2.05, 4.69) is 20.6 Å². The minimum atomic E-state index is -0.482. The van der Waals surface area contributed by atoms with Crippen LogP contribution in [0.2, 0.25) is 0 Å². The van der Waals surface area contributed by atoms with Crippen LogP contribution in [0.15, 0.2) is 35.7 Å². The van der Waals surface area contributed by atoms with Crippen LogP contribution >= 0.6 is 0 Å². The topological polar surface area (TPSA) is 120 Å². The fourth-order valence-electron chi connectivity index (χ4n) is 1.82. The first-order valence-electron chi connectivity index (χ1n) is 7.15. The molecule has 25 heavy (non-hydrogen) atoms. The van der Waals surface area contributed by atoms with Crippen molar-refractivity contribution in [2.75, 3.05) is 19.5 Å². The van der Waals surface area contributed by atoms with Crippen LogP contribution in [-0.2, 0) is 9.59 Å². The third-order valence-electron chi connectivity index (χ3n) is 3.31. The third-order valence-corrected chi connectivity index (χ3v) is 3.31. The molecule has 10 nitrogen and oxygen atoms in total. The Morgan fingerprint density at radius 1 is 1.44 bits per heavy atom. The minimum absolute atomic E-state index is 0.0915. The largest absolute Gasteiger partial charge is 0.288 e. The van der Waals surface area contributed by atoms with E-state index in [1.807, 2.05) is 6.07 Å². The standard InChI is InChI=1S/C15H16N8O2/c1-11(15(25)22(3)21(2)10-24)19-20-14-12(8-16)9-18-23(14)13-6-4-5-7-17-13/h4-7,9-10,20H,1-3H3. The number of aromatic nitrogens is 3.